The van der Waals surface area contributed by atoms with Crippen molar-refractivity contribution >= 4 is 27.4 Å². The maximum absolute atomic E-state index is 10.8. The normalized spacial score (nSPS) is 10.7. The van der Waals surface area contributed by atoms with Crippen LogP contribution in [0.3, 0.4) is 0 Å². The molecule has 0 saturated heterocycles. The van der Waals surface area contributed by atoms with Crippen LogP contribution in [0, 0.1) is 6.92 Å². The zero-order chi connectivity index (χ0) is 10.3. The van der Waals surface area contributed by atoms with Crippen molar-refractivity contribution in [1.82, 2.24) is 9.61 Å². The van der Waals surface area contributed by atoms with Crippen LogP contribution in [0.4, 0.5) is 0 Å². The van der Waals surface area contributed by atoms with Gasteiger partial charge in [-0.3, -0.25) is 0 Å². The number of aromatic carboxylic acids is 1. The minimum Gasteiger partial charge on any atom is -0.478 e. The third-order valence-electron chi connectivity index (χ3n) is 1.89. The molecule has 2 aromatic heterocycles. The highest BCUT2D eigenvalue weighted by Gasteiger charge is 2.08. The predicted molar refractivity (Wildman–Crippen MR) is 54.6 cm³/mol. The molecule has 14 heavy (non-hydrogen) atoms. The Kier molecular flexibility index (Phi) is 2.03. The number of carboxylic acids is 1. The van der Waals surface area contributed by atoms with Gasteiger partial charge in [0.2, 0.25) is 0 Å². The second-order valence-corrected chi connectivity index (χ2v) is 3.81. The van der Waals surface area contributed by atoms with Crippen LogP contribution in [0.15, 0.2) is 22.8 Å². The Morgan fingerprint density at radius 2 is 2.21 bits per heavy atom. The van der Waals surface area contributed by atoms with E-state index in [-0.39, 0.29) is 5.56 Å². The van der Waals surface area contributed by atoms with E-state index >= 15 is 0 Å². The number of carboxylic acid groups (broad SMARTS) is 1. The lowest BCUT2D eigenvalue weighted by atomic mass is 10.2. The van der Waals surface area contributed by atoms with Crippen LogP contribution >= 0.6 is 15.9 Å². The van der Waals surface area contributed by atoms with Crippen molar-refractivity contribution in [3.05, 3.63) is 34.1 Å². The van der Waals surface area contributed by atoms with Gasteiger partial charge in [-0.25, -0.2) is 9.31 Å². The quantitative estimate of drug-likeness (QED) is 0.794. The summed E-state index contributed by atoms with van der Waals surface area (Å²) in [7, 11) is 0. The second kappa shape index (κ2) is 3.09. The summed E-state index contributed by atoms with van der Waals surface area (Å²) in [6.45, 7) is 1.86. The summed E-state index contributed by atoms with van der Waals surface area (Å²) in [5.41, 5.74) is 1.88. The number of hydrogen-bond donors (Lipinski definition) is 1. The molecule has 0 bridgehead atoms. The molecule has 4 nitrogen and oxygen atoms in total. The van der Waals surface area contributed by atoms with Gasteiger partial charge in [0.15, 0.2) is 0 Å². The average molecular weight is 255 g/mol. The lowest BCUT2D eigenvalue weighted by Crippen LogP contribution is -1.99. The van der Waals surface area contributed by atoms with Crippen molar-refractivity contribution in [2.75, 3.05) is 0 Å². The first-order valence-electron chi connectivity index (χ1n) is 3.97. The van der Waals surface area contributed by atoms with E-state index in [1.54, 1.807) is 10.6 Å². The Morgan fingerprint density at radius 1 is 1.50 bits per heavy atom. The third-order valence-corrected chi connectivity index (χ3v) is 2.45. The zero-order valence-corrected chi connectivity index (χ0v) is 8.95. The minimum atomic E-state index is -0.938. The minimum absolute atomic E-state index is 0.254. The Hall–Kier alpha value is -1.36. The van der Waals surface area contributed by atoms with Gasteiger partial charge in [-0.15, -0.1) is 0 Å². The van der Waals surface area contributed by atoms with E-state index in [0.29, 0.717) is 4.60 Å². The average Bonchev–Trinajstić information content (AvgIpc) is 2.45. The molecule has 0 aliphatic carbocycles. The van der Waals surface area contributed by atoms with E-state index in [9.17, 15) is 4.79 Å². The summed E-state index contributed by atoms with van der Waals surface area (Å²) >= 11 is 3.27. The van der Waals surface area contributed by atoms with Crippen LogP contribution < -0.4 is 0 Å². The number of nitrogens with zero attached hydrogens (tertiary/aromatic N) is 2. The van der Waals surface area contributed by atoms with Gasteiger partial charge in [0.05, 0.1) is 16.8 Å². The highest BCUT2D eigenvalue weighted by Crippen LogP contribution is 2.17. The standard InChI is InChI=1S/C9H7BrN2O2/c1-5-2-7-3-6(9(13)14)4-8(10)12(7)11-5/h2-4H,1H3,(H,13,14). The number of carbonyl (C=O) groups is 1. The number of hydrogen-bond acceptors (Lipinski definition) is 2. The van der Waals surface area contributed by atoms with E-state index in [4.69, 9.17) is 5.11 Å². The lowest BCUT2D eigenvalue weighted by molar-refractivity contribution is 0.0697. The lowest BCUT2D eigenvalue weighted by Gasteiger charge is -1.99. The molecule has 2 aromatic rings. The van der Waals surface area contributed by atoms with Crippen molar-refractivity contribution < 1.29 is 9.90 Å². The van der Waals surface area contributed by atoms with Crippen molar-refractivity contribution in [2.24, 2.45) is 0 Å². The molecule has 0 spiro atoms. The van der Waals surface area contributed by atoms with Gasteiger partial charge in [-0.2, -0.15) is 5.10 Å². The topological polar surface area (TPSA) is 54.6 Å². The Labute approximate surface area is 88.3 Å². The molecule has 0 unspecified atom stereocenters. The Balaban J connectivity index is 2.77. The van der Waals surface area contributed by atoms with Gasteiger partial charge in [0, 0.05) is 0 Å². The fourth-order valence-electron chi connectivity index (χ4n) is 1.31. The molecule has 0 radical (unpaired) electrons. The van der Waals surface area contributed by atoms with Crippen molar-refractivity contribution in [3.63, 3.8) is 0 Å². The first-order chi connectivity index (χ1) is 6.58. The highest BCUT2D eigenvalue weighted by molar-refractivity contribution is 9.10. The largest absolute Gasteiger partial charge is 0.478 e. The van der Waals surface area contributed by atoms with Crippen molar-refractivity contribution in [2.45, 2.75) is 6.92 Å². The number of rotatable bonds is 1. The Morgan fingerprint density at radius 3 is 2.86 bits per heavy atom. The molecule has 0 aliphatic heterocycles. The number of fused-ring (bicyclic) bond motifs is 1. The van der Waals surface area contributed by atoms with Crippen molar-refractivity contribution in [1.29, 1.82) is 0 Å². The molecule has 0 aromatic carbocycles. The molecule has 0 saturated carbocycles. The van der Waals surface area contributed by atoms with Crippen LogP contribution in [0.5, 0.6) is 0 Å². The molecule has 0 atom stereocenters. The van der Waals surface area contributed by atoms with E-state index < -0.39 is 5.97 Å². The summed E-state index contributed by atoms with van der Waals surface area (Å²) < 4.78 is 2.29. The monoisotopic (exact) mass is 254 g/mol. The summed E-state index contributed by atoms with van der Waals surface area (Å²) in [5, 5.41) is 13.0. The fourth-order valence-corrected chi connectivity index (χ4v) is 1.84. The summed E-state index contributed by atoms with van der Waals surface area (Å²) in [4.78, 5) is 10.8. The smallest absolute Gasteiger partial charge is 0.335 e. The maximum Gasteiger partial charge on any atom is 0.335 e. The van der Waals surface area contributed by atoms with Crippen LogP contribution in [0.2, 0.25) is 0 Å². The van der Waals surface area contributed by atoms with Gasteiger partial charge >= 0.3 is 5.97 Å². The van der Waals surface area contributed by atoms with E-state index in [1.807, 2.05) is 13.0 Å². The Bertz CT molecular complexity index is 519. The molecule has 0 fully saturated rings. The van der Waals surface area contributed by atoms with E-state index in [1.165, 1.54) is 6.07 Å². The second-order valence-electron chi connectivity index (χ2n) is 2.99. The molecule has 2 heterocycles. The molecule has 72 valence electrons. The SMILES string of the molecule is Cc1cc2cc(C(=O)O)cc(Br)n2n1. The molecule has 0 aliphatic rings. The molecular formula is C9H7BrN2O2. The van der Waals surface area contributed by atoms with Crippen LogP contribution in [0.1, 0.15) is 16.1 Å². The van der Waals surface area contributed by atoms with Crippen LogP contribution in [-0.2, 0) is 0 Å². The van der Waals surface area contributed by atoms with Gasteiger partial charge < -0.3 is 5.11 Å². The fraction of sp³-hybridized carbons (Fsp3) is 0.111. The molecule has 1 N–H and O–H groups in total. The number of halogens is 1. The van der Waals surface area contributed by atoms with E-state index in [0.717, 1.165) is 11.2 Å². The van der Waals surface area contributed by atoms with Gasteiger partial charge in [-0.05, 0) is 41.1 Å². The van der Waals surface area contributed by atoms with Crippen LogP contribution in [-0.4, -0.2) is 20.7 Å². The molecule has 2 rings (SSSR count). The third kappa shape index (κ3) is 1.39. The van der Waals surface area contributed by atoms with Gasteiger partial charge in [0.1, 0.15) is 4.60 Å². The first kappa shape index (κ1) is 9.21. The number of aromatic nitrogens is 2. The number of pyridine rings is 1. The summed E-state index contributed by atoms with van der Waals surface area (Å²) in [6.07, 6.45) is 0. The maximum atomic E-state index is 10.8. The molecule has 5 heteroatoms. The highest BCUT2D eigenvalue weighted by atomic mass is 79.9. The van der Waals surface area contributed by atoms with Crippen LogP contribution in [0.25, 0.3) is 5.52 Å². The molecular weight excluding hydrogens is 248 g/mol. The van der Waals surface area contributed by atoms with Gasteiger partial charge in [0.25, 0.3) is 0 Å². The van der Waals surface area contributed by atoms with Gasteiger partial charge in [-0.1, -0.05) is 0 Å². The van der Waals surface area contributed by atoms with E-state index in [2.05, 4.69) is 21.0 Å². The van der Waals surface area contributed by atoms with Crippen molar-refractivity contribution in [3.8, 4) is 0 Å². The summed E-state index contributed by atoms with van der Waals surface area (Å²) in [5.74, 6) is -0.938. The predicted octanol–water partition coefficient (Wildman–Crippen LogP) is 2.10. The zero-order valence-electron chi connectivity index (χ0n) is 7.36. The summed E-state index contributed by atoms with van der Waals surface area (Å²) in [6, 6.07) is 4.95. The first-order valence-corrected chi connectivity index (χ1v) is 4.76. The molecule has 0 amide bonds. The number of aryl methyl sites for hydroxylation is 1.